The molecule has 2 fully saturated rings. The topological polar surface area (TPSA) is 126 Å². The van der Waals surface area contributed by atoms with Crippen molar-refractivity contribution in [3.8, 4) is 45.4 Å². The van der Waals surface area contributed by atoms with E-state index in [0.717, 1.165) is 56.4 Å². The van der Waals surface area contributed by atoms with Crippen LogP contribution >= 0.6 is 27.5 Å². The van der Waals surface area contributed by atoms with Gasteiger partial charge in [-0.1, -0.05) is 60.1 Å². The lowest BCUT2D eigenvalue weighted by atomic mass is 9.98. The highest BCUT2D eigenvalue weighted by Crippen LogP contribution is 2.42. The highest BCUT2D eigenvalue weighted by molar-refractivity contribution is 9.10. The van der Waals surface area contributed by atoms with Crippen molar-refractivity contribution in [1.29, 1.82) is 0 Å². The number of methoxy groups -OCH3 is 2. The van der Waals surface area contributed by atoms with Gasteiger partial charge in [0, 0.05) is 83.4 Å². The minimum atomic E-state index is 0.104. The van der Waals surface area contributed by atoms with Crippen molar-refractivity contribution in [2.75, 3.05) is 27.3 Å². The molecule has 2 aliphatic rings. The minimum Gasteiger partial charge on any atom is -0.481 e. The van der Waals surface area contributed by atoms with Gasteiger partial charge in [-0.25, -0.2) is 9.97 Å². The van der Waals surface area contributed by atoms with Gasteiger partial charge >= 0.3 is 0 Å². The molecule has 0 radical (unpaired) electrons. The Morgan fingerprint density at radius 1 is 0.729 bits per heavy atom. The van der Waals surface area contributed by atoms with E-state index in [1.165, 1.54) is 0 Å². The second-order valence-electron chi connectivity index (χ2n) is 11.9. The van der Waals surface area contributed by atoms with Gasteiger partial charge in [-0.3, -0.25) is 9.59 Å². The van der Waals surface area contributed by atoms with Gasteiger partial charge in [0.2, 0.25) is 23.6 Å². The number of halogens is 2. The smallest absolute Gasteiger partial charge is 0.220 e. The van der Waals surface area contributed by atoms with Crippen LogP contribution in [-0.2, 0) is 22.7 Å². The summed E-state index contributed by atoms with van der Waals surface area (Å²) in [4.78, 5) is 32.7. The predicted molar refractivity (Wildman–Crippen MR) is 190 cm³/mol. The summed E-state index contributed by atoms with van der Waals surface area (Å²) in [5.41, 5.74) is 6.74. The summed E-state index contributed by atoms with van der Waals surface area (Å²) in [5.74, 6) is 1.27. The Balaban J connectivity index is 1.20. The molecule has 4 heterocycles. The fourth-order valence-electron chi connectivity index (χ4n) is 6.16. The van der Waals surface area contributed by atoms with E-state index < -0.39 is 0 Å². The lowest BCUT2D eigenvalue weighted by molar-refractivity contribution is -0.120. The zero-order valence-electron chi connectivity index (χ0n) is 26.9. The molecule has 2 saturated heterocycles. The average Bonchev–Trinajstić information content (AvgIpc) is 3.72. The molecule has 0 unspecified atom stereocenters. The summed E-state index contributed by atoms with van der Waals surface area (Å²) in [5, 5.41) is 13.3. The van der Waals surface area contributed by atoms with E-state index >= 15 is 0 Å². The first-order valence-corrected chi connectivity index (χ1v) is 17.2. The summed E-state index contributed by atoms with van der Waals surface area (Å²) in [7, 11) is 3.23. The first-order chi connectivity index (χ1) is 23.3. The van der Waals surface area contributed by atoms with E-state index in [4.69, 9.17) is 31.0 Å². The van der Waals surface area contributed by atoms with E-state index in [-0.39, 0.29) is 23.9 Å². The maximum atomic E-state index is 11.5. The van der Waals surface area contributed by atoms with Crippen molar-refractivity contribution in [2.24, 2.45) is 0 Å². The highest BCUT2D eigenvalue weighted by atomic mass is 79.9. The van der Waals surface area contributed by atoms with Crippen LogP contribution in [0.4, 0.5) is 0 Å². The van der Waals surface area contributed by atoms with Gasteiger partial charge in [0.15, 0.2) is 0 Å². The predicted octanol–water partition coefficient (Wildman–Crippen LogP) is 5.65. The number of nitrogens with one attached hydrogen (secondary N) is 4. The maximum Gasteiger partial charge on any atom is 0.220 e. The summed E-state index contributed by atoms with van der Waals surface area (Å²) < 4.78 is 12.2. The molecule has 0 saturated carbocycles. The zero-order chi connectivity index (χ0) is 33.6. The largest absolute Gasteiger partial charge is 0.481 e. The van der Waals surface area contributed by atoms with E-state index in [1.807, 2.05) is 60.7 Å². The number of nitrogens with zero attached hydrogens (tertiary/aromatic N) is 2. The fraction of sp³-hybridized carbons (Fsp3) is 0.333. The molecule has 2 aromatic heterocycles. The molecule has 12 heteroatoms. The first kappa shape index (κ1) is 33.9. The van der Waals surface area contributed by atoms with Crippen LogP contribution in [0.25, 0.3) is 33.6 Å². The Bertz CT molecular complexity index is 1690. The molecule has 48 heavy (non-hydrogen) atoms. The van der Waals surface area contributed by atoms with Crippen LogP contribution in [0.15, 0.2) is 65.1 Å². The van der Waals surface area contributed by atoms with E-state index in [9.17, 15) is 9.59 Å². The number of rotatable bonds is 13. The van der Waals surface area contributed by atoms with Crippen molar-refractivity contribution in [1.82, 2.24) is 31.2 Å². The lowest BCUT2D eigenvalue weighted by Crippen LogP contribution is -2.35. The Morgan fingerprint density at radius 3 is 1.71 bits per heavy atom. The Morgan fingerprint density at radius 2 is 1.21 bits per heavy atom. The molecule has 0 aliphatic carbocycles. The Labute approximate surface area is 293 Å². The maximum absolute atomic E-state index is 11.5. The first-order valence-electron chi connectivity index (χ1n) is 16.0. The van der Waals surface area contributed by atoms with Crippen molar-refractivity contribution < 1.29 is 19.1 Å². The number of amides is 2. The SMILES string of the molecule is COc1nc(-c2cccc(-c3cccc(-c4ccc(CNC[C@@H]5CCC(=O)N5)c(OC)n4)c3Br)c2Cl)ccc1CNC[C@@H]1CCC(=O)N1. The monoisotopic (exact) mass is 732 g/mol. The summed E-state index contributed by atoms with van der Waals surface area (Å²) in [6.07, 6.45) is 2.84. The van der Waals surface area contributed by atoms with Gasteiger partial charge in [-0.2, -0.15) is 0 Å². The van der Waals surface area contributed by atoms with Crippen molar-refractivity contribution >= 4 is 39.3 Å². The molecule has 10 nitrogen and oxygen atoms in total. The lowest BCUT2D eigenvalue weighted by Gasteiger charge is -2.16. The van der Waals surface area contributed by atoms with Gasteiger partial charge in [-0.05, 0) is 46.5 Å². The van der Waals surface area contributed by atoms with Crippen LogP contribution in [0.2, 0.25) is 5.02 Å². The third-order valence-electron chi connectivity index (χ3n) is 8.69. The molecule has 2 atom stereocenters. The number of carbonyl (C=O) groups excluding carboxylic acids is 2. The number of aromatic nitrogens is 2. The van der Waals surface area contributed by atoms with Gasteiger partial charge in [0.25, 0.3) is 0 Å². The van der Waals surface area contributed by atoms with Crippen molar-refractivity contribution in [3.05, 3.63) is 81.3 Å². The van der Waals surface area contributed by atoms with Crippen LogP contribution < -0.4 is 30.7 Å². The summed E-state index contributed by atoms with van der Waals surface area (Å²) >= 11 is 11.0. The second kappa shape index (κ2) is 15.5. The third kappa shape index (κ3) is 7.65. The van der Waals surface area contributed by atoms with Gasteiger partial charge in [0.1, 0.15) is 0 Å². The third-order valence-corrected chi connectivity index (χ3v) is 9.95. The number of carbonyl (C=O) groups is 2. The Kier molecular flexibility index (Phi) is 10.9. The van der Waals surface area contributed by atoms with Crippen molar-refractivity contribution in [2.45, 2.75) is 50.9 Å². The molecular formula is C36H38BrClN6O4. The molecule has 250 valence electrons. The number of benzene rings is 2. The number of hydrogen-bond acceptors (Lipinski definition) is 8. The van der Waals surface area contributed by atoms with Gasteiger partial charge < -0.3 is 30.7 Å². The highest BCUT2D eigenvalue weighted by Gasteiger charge is 2.22. The normalized spacial score (nSPS) is 17.3. The van der Waals surface area contributed by atoms with Crippen molar-refractivity contribution in [3.63, 3.8) is 0 Å². The zero-order valence-corrected chi connectivity index (χ0v) is 29.2. The second-order valence-corrected chi connectivity index (χ2v) is 13.1. The molecular weight excluding hydrogens is 696 g/mol. The molecule has 6 rings (SSSR count). The van der Waals surface area contributed by atoms with Gasteiger partial charge in [-0.15, -0.1) is 0 Å². The van der Waals surface area contributed by atoms with Crippen LogP contribution in [-0.4, -0.2) is 61.2 Å². The van der Waals surface area contributed by atoms with Crippen LogP contribution in [0.3, 0.4) is 0 Å². The van der Waals surface area contributed by atoms with E-state index in [2.05, 4.69) is 37.2 Å². The minimum absolute atomic E-state index is 0.104. The molecule has 2 aliphatic heterocycles. The Hall–Kier alpha value is -4.03. The fourth-order valence-corrected chi connectivity index (χ4v) is 7.17. The van der Waals surface area contributed by atoms with E-state index in [1.54, 1.807) is 14.2 Å². The standard InChI is InChI=1S/C36H38BrClN6O4/c1-47-35-21(17-39-19-23-11-15-31(45)41-23)9-13-29(43-35)27-7-3-5-25(33(27)37)26-6-4-8-28(34(26)38)30-14-10-22(36(44-30)48-2)18-40-20-24-12-16-32(46)42-24/h3-10,13-14,23-24,39-40H,11-12,15-20H2,1-2H3,(H,41,45)(H,42,46)/t23-,24-/m0/s1. The van der Waals surface area contributed by atoms with Gasteiger partial charge in [0.05, 0.1) is 30.6 Å². The number of pyridine rings is 2. The van der Waals surface area contributed by atoms with Crippen LogP contribution in [0, 0.1) is 0 Å². The summed E-state index contributed by atoms with van der Waals surface area (Å²) in [6.45, 7) is 2.51. The van der Waals surface area contributed by atoms with Crippen LogP contribution in [0.1, 0.15) is 36.8 Å². The number of hydrogen-bond donors (Lipinski definition) is 4. The van der Waals surface area contributed by atoms with E-state index in [0.29, 0.717) is 61.5 Å². The number of ether oxygens (including phenoxy) is 2. The molecule has 4 N–H and O–H groups in total. The molecule has 0 spiro atoms. The molecule has 0 bridgehead atoms. The quantitative estimate of drug-likeness (QED) is 0.139. The van der Waals surface area contributed by atoms with Crippen LogP contribution in [0.5, 0.6) is 11.8 Å². The average molecular weight is 734 g/mol. The summed E-state index contributed by atoms with van der Waals surface area (Å²) in [6, 6.07) is 20.1. The molecule has 4 aromatic rings. The molecule has 2 amide bonds. The molecule has 2 aromatic carbocycles.